The first-order valence-corrected chi connectivity index (χ1v) is 7.72. The monoisotopic (exact) mass is 358 g/mol. The number of nitrogens with one attached hydrogen (secondary N) is 3. The van der Waals surface area contributed by atoms with Crippen LogP contribution in [0.2, 0.25) is 5.02 Å². The molecule has 1 aromatic rings. The Morgan fingerprint density at radius 2 is 2.25 bits per heavy atom. The summed E-state index contributed by atoms with van der Waals surface area (Å²) in [5.41, 5.74) is 0.358. The molecule has 2 atom stereocenters. The Kier molecular flexibility index (Phi) is 6.10. The van der Waals surface area contributed by atoms with E-state index in [2.05, 4.69) is 15.4 Å². The third-order valence-electron chi connectivity index (χ3n) is 3.74. The van der Waals surface area contributed by atoms with Crippen molar-refractivity contribution in [3.8, 4) is 0 Å². The van der Waals surface area contributed by atoms with Crippen LogP contribution in [0.4, 0.5) is 10.1 Å². The molecular weight excluding hydrogens is 341 g/mol. The molecule has 7 nitrogen and oxygen atoms in total. The van der Waals surface area contributed by atoms with Crippen molar-refractivity contribution in [1.29, 1.82) is 0 Å². The normalized spacial score (nSPS) is 20.2. The van der Waals surface area contributed by atoms with Crippen molar-refractivity contribution in [2.45, 2.75) is 12.5 Å². The van der Waals surface area contributed by atoms with Gasteiger partial charge in [-0.05, 0) is 18.2 Å². The number of benzene rings is 1. The van der Waals surface area contributed by atoms with Crippen molar-refractivity contribution < 1.29 is 28.4 Å². The molecule has 0 saturated carbocycles. The van der Waals surface area contributed by atoms with E-state index in [0.29, 0.717) is 23.7 Å². The highest BCUT2D eigenvalue weighted by Gasteiger charge is 2.36. The largest absolute Gasteiger partial charge is 0.469 e. The van der Waals surface area contributed by atoms with E-state index in [1.807, 2.05) is 0 Å². The first-order chi connectivity index (χ1) is 11.4. The molecule has 0 radical (unpaired) electrons. The summed E-state index contributed by atoms with van der Waals surface area (Å²) in [6.07, 6.45) is -0.104. The van der Waals surface area contributed by atoms with Gasteiger partial charge < -0.3 is 20.3 Å². The number of quaternary nitrogens is 1. The standard InChI is InChI=1S/C15H17ClFN3O4/c1-24-14(22)7-12-15(23)18-4-5-20(12)8-13(21)19-9-2-3-11(17)10(16)6-9/h2-3,6,12H,4-5,7-8H2,1H3,(H,18,23)(H,19,21)/p+1/t12-/m1/s1. The van der Waals surface area contributed by atoms with Crippen LogP contribution >= 0.6 is 11.6 Å². The maximum absolute atomic E-state index is 13.1. The fourth-order valence-corrected chi connectivity index (χ4v) is 2.69. The Hall–Kier alpha value is -2.19. The van der Waals surface area contributed by atoms with Crippen molar-refractivity contribution in [3.63, 3.8) is 0 Å². The van der Waals surface area contributed by atoms with Crippen LogP contribution in [-0.2, 0) is 19.1 Å². The maximum atomic E-state index is 13.1. The molecule has 1 aliphatic heterocycles. The van der Waals surface area contributed by atoms with Crippen LogP contribution in [0, 0.1) is 5.82 Å². The molecule has 9 heteroatoms. The predicted octanol–water partition coefficient (Wildman–Crippen LogP) is -0.636. The molecule has 1 fully saturated rings. The van der Waals surface area contributed by atoms with Gasteiger partial charge in [-0.1, -0.05) is 11.6 Å². The van der Waals surface area contributed by atoms with E-state index in [4.69, 9.17) is 11.6 Å². The van der Waals surface area contributed by atoms with Gasteiger partial charge in [-0.25, -0.2) is 4.39 Å². The summed E-state index contributed by atoms with van der Waals surface area (Å²) in [7, 11) is 1.24. The number of methoxy groups -OCH3 is 1. The second-order valence-electron chi connectivity index (χ2n) is 5.39. The molecule has 2 amide bonds. The van der Waals surface area contributed by atoms with Gasteiger partial charge >= 0.3 is 5.97 Å². The Balaban J connectivity index is 2.00. The number of piperazine rings is 1. The van der Waals surface area contributed by atoms with E-state index >= 15 is 0 Å². The fourth-order valence-electron chi connectivity index (χ4n) is 2.51. The summed E-state index contributed by atoms with van der Waals surface area (Å²) in [6.45, 7) is 0.913. The Labute approximate surface area is 143 Å². The van der Waals surface area contributed by atoms with Crippen LogP contribution in [0.25, 0.3) is 0 Å². The van der Waals surface area contributed by atoms with Gasteiger partial charge in [-0.2, -0.15) is 0 Å². The first-order valence-electron chi connectivity index (χ1n) is 7.34. The molecule has 1 unspecified atom stereocenters. The van der Waals surface area contributed by atoms with E-state index in [1.54, 1.807) is 0 Å². The molecule has 0 aromatic heterocycles. The third-order valence-corrected chi connectivity index (χ3v) is 4.03. The summed E-state index contributed by atoms with van der Waals surface area (Å²) >= 11 is 5.67. The molecule has 3 N–H and O–H groups in total. The minimum atomic E-state index is -0.686. The molecule has 130 valence electrons. The number of ether oxygens (including phenoxy) is 1. The number of carbonyl (C=O) groups is 3. The quantitative estimate of drug-likeness (QED) is 0.611. The van der Waals surface area contributed by atoms with Crippen molar-refractivity contribution in [1.82, 2.24) is 5.32 Å². The van der Waals surface area contributed by atoms with Crippen molar-refractivity contribution in [2.75, 3.05) is 32.1 Å². The van der Waals surface area contributed by atoms with Gasteiger partial charge in [0.25, 0.3) is 11.8 Å². The number of hydrogen-bond donors (Lipinski definition) is 3. The number of carbonyl (C=O) groups excluding carboxylic acids is 3. The lowest BCUT2D eigenvalue weighted by Gasteiger charge is -2.30. The van der Waals surface area contributed by atoms with Crippen LogP contribution in [0.5, 0.6) is 0 Å². The van der Waals surface area contributed by atoms with Gasteiger partial charge in [0.05, 0.1) is 25.2 Å². The second kappa shape index (κ2) is 8.07. The summed E-state index contributed by atoms with van der Waals surface area (Å²) in [6, 6.07) is 3.16. The van der Waals surface area contributed by atoms with Gasteiger partial charge in [-0.3, -0.25) is 14.4 Å². The van der Waals surface area contributed by atoms with E-state index < -0.39 is 17.8 Å². The number of rotatable bonds is 5. The summed E-state index contributed by atoms with van der Waals surface area (Å²) in [5, 5.41) is 5.17. The van der Waals surface area contributed by atoms with Gasteiger partial charge in [0, 0.05) is 5.69 Å². The highest BCUT2D eigenvalue weighted by atomic mass is 35.5. The smallest absolute Gasteiger partial charge is 0.312 e. The number of hydrogen-bond acceptors (Lipinski definition) is 4. The van der Waals surface area contributed by atoms with E-state index in [1.165, 1.54) is 19.2 Å². The summed E-state index contributed by atoms with van der Waals surface area (Å²) in [4.78, 5) is 36.2. The lowest BCUT2D eigenvalue weighted by molar-refractivity contribution is -0.909. The minimum absolute atomic E-state index is 0.00984. The van der Waals surface area contributed by atoms with E-state index in [9.17, 15) is 18.8 Å². The fraction of sp³-hybridized carbons (Fsp3) is 0.400. The molecule has 0 bridgehead atoms. The molecule has 1 heterocycles. The Morgan fingerprint density at radius 1 is 1.50 bits per heavy atom. The molecule has 1 aromatic carbocycles. The van der Waals surface area contributed by atoms with E-state index in [-0.39, 0.29) is 29.8 Å². The molecule has 0 aliphatic carbocycles. The molecule has 0 spiro atoms. The first kappa shape index (κ1) is 18.2. The van der Waals surface area contributed by atoms with Gasteiger partial charge in [-0.15, -0.1) is 0 Å². The van der Waals surface area contributed by atoms with Crippen molar-refractivity contribution in [3.05, 3.63) is 29.0 Å². The van der Waals surface area contributed by atoms with Gasteiger partial charge in [0.2, 0.25) is 0 Å². The SMILES string of the molecule is COC(=O)C[C@@H]1C(=O)NCC[NH+]1CC(=O)Nc1ccc(F)c(Cl)c1. The number of halogens is 2. The van der Waals surface area contributed by atoms with E-state index in [0.717, 1.165) is 6.07 Å². The Bertz CT molecular complexity index is 656. The number of amides is 2. The molecule has 1 saturated heterocycles. The summed E-state index contributed by atoms with van der Waals surface area (Å²) in [5.74, 6) is -1.75. The predicted molar refractivity (Wildman–Crippen MR) is 84.2 cm³/mol. The molecule has 2 rings (SSSR count). The maximum Gasteiger partial charge on any atom is 0.312 e. The highest BCUT2D eigenvalue weighted by Crippen LogP contribution is 2.19. The topological polar surface area (TPSA) is 88.9 Å². The minimum Gasteiger partial charge on any atom is -0.469 e. The lowest BCUT2D eigenvalue weighted by Crippen LogP contribution is -3.20. The number of anilines is 1. The van der Waals surface area contributed by atoms with Crippen LogP contribution < -0.4 is 15.5 Å². The van der Waals surface area contributed by atoms with Gasteiger partial charge in [0.1, 0.15) is 12.2 Å². The van der Waals surface area contributed by atoms with Crippen LogP contribution in [0.15, 0.2) is 18.2 Å². The molecule has 1 aliphatic rings. The summed E-state index contributed by atoms with van der Waals surface area (Å²) < 4.78 is 17.7. The Morgan fingerprint density at radius 3 is 2.92 bits per heavy atom. The van der Waals surface area contributed by atoms with Crippen LogP contribution in [-0.4, -0.2) is 50.6 Å². The van der Waals surface area contributed by atoms with Crippen molar-refractivity contribution >= 4 is 35.1 Å². The second-order valence-corrected chi connectivity index (χ2v) is 5.79. The third kappa shape index (κ3) is 4.65. The average Bonchev–Trinajstić information content (AvgIpc) is 2.54. The van der Waals surface area contributed by atoms with Crippen LogP contribution in [0.3, 0.4) is 0 Å². The van der Waals surface area contributed by atoms with Crippen LogP contribution in [0.1, 0.15) is 6.42 Å². The average molecular weight is 359 g/mol. The van der Waals surface area contributed by atoms with Crippen molar-refractivity contribution in [2.24, 2.45) is 0 Å². The molecule has 24 heavy (non-hydrogen) atoms. The zero-order valence-electron chi connectivity index (χ0n) is 13.0. The zero-order valence-corrected chi connectivity index (χ0v) is 13.8. The lowest BCUT2D eigenvalue weighted by atomic mass is 10.1. The number of esters is 1. The van der Waals surface area contributed by atoms with Gasteiger partial charge in [0.15, 0.2) is 12.6 Å². The zero-order chi connectivity index (χ0) is 17.7. The molecular formula is C15H18ClFN3O4+. The highest BCUT2D eigenvalue weighted by molar-refractivity contribution is 6.31.